The maximum atomic E-state index is 13.4. The molecule has 2 aromatic rings. The van der Waals surface area contributed by atoms with Crippen molar-refractivity contribution in [2.24, 2.45) is 0 Å². The Morgan fingerprint density at radius 1 is 1.33 bits per heavy atom. The molecule has 1 heterocycles. The fraction of sp³-hybridized carbons (Fsp3) is 0.467. The molecule has 1 aromatic carbocycles. The Kier molecular flexibility index (Phi) is 4.36. The molecule has 0 aliphatic heterocycles. The molecule has 0 aliphatic carbocycles. The highest BCUT2D eigenvalue weighted by atomic mass is 32.1. The molecule has 0 saturated heterocycles. The van der Waals surface area contributed by atoms with E-state index in [1.807, 2.05) is 6.07 Å². The van der Waals surface area contributed by atoms with Gasteiger partial charge in [0.1, 0.15) is 5.82 Å². The Morgan fingerprint density at radius 2 is 2.11 bits per heavy atom. The van der Waals surface area contributed by atoms with Gasteiger partial charge in [-0.15, -0.1) is 11.3 Å². The first-order valence-corrected chi connectivity index (χ1v) is 7.36. The van der Waals surface area contributed by atoms with Crippen molar-refractivity contribution in [2.75, 3.05) is 6.54 Å². The van der Waals surface area contributed by atoms with Gasteiger partial charge >= 0.3 is 0 Å². The summed E-state index contributed by atoms with van der Waals surface area (Å²) in [6.45, 7) is 8.44. The maximum absolute atomic E-state index is 13.4. The molecule has 0 unspecified atom stereocenters. The van der Waals surface area contributed by atoms with E-state index in [0.29, 0.717) is 5.92 Å². The van der Waals surface area contributed by atoms with Gasteiger partial charge < -0.3 is 5.32 Å². The van der Waals surface area contributed by atoms with Crippen LogP contribution in [0.1, 0.15) is 43.6 Å². The van der Waals surface area contributed by atoms with Gasteiger partial charge in [0.25, 0.3) is 0 Å². The lowest BCUT2D eigenvalue weighted by Crippen LogP contribution is -2.14. The molecule has 0 amide bonds. The predicted octanol–water partition coefficient (Wildman–Crippen LogP) is 4.66. The second-order valence-corrected chi connectivity index (χ2v) is 6.05. The van der Waals surface area contributed by atoms with Gasteiger partial charge in [-0.1, -0.05) is 20.8 Å². The summed E-state index contributed by atoms with van der Waals surface area (Å²) in [5, 5.41) is 4.53. The van der Waals surface area contributed by atoms with E-state index in [9.17, 15) is 4.39 Å². The van der Waals surface area contributed by atoms with Crippen molar-refractivity contribution < 1.29 is 4.39 Å². The standard InChI is InChI=1S/C15H20FNS/c1-4-7-17-9-14-15(10(2)3)12-8-11(16)5-6-13(12)18-14/h5-6,8,10,17H,4,7,9H2,1-3H3. The summed E-state index contributed by atoms with van der Waals surface area (Å²) < 4.78 is 14.6. The lowest BCUT2D eigenvalue weighted by Gasteiger charge is -2.09. The SMILES string of the molecule is CCCNCc1sc2ccc(F)cc2c1C(C)C. The van der Waals surface area contributed by atoms with Crippen LogP contribution in [0.3, 0.4) is 0 Å². The molecular weight excluding hydrogens is 245 g/mol. The molecule has 1 N–H and O–H groups in total. The number of halogens is 1. The third-order valence-corrected chi connectivity index (χ3v) is 4.24. The minimum absolute atomic E-state index is 0.143. The van der Waals surface area contributed by atoms with Crippen LogP contribution in [0.2, 0.25) is 0 Å². The average molecular weight is 265 g/mol. The van der Waals surface area contributed by atoms with Crippen molar-refractivity contribution in [3.05, 3.63) is 34.5 Å². The Labute approximate surface area is 112 Å². The fourth-order valence-electron chi connectivity index (χ4n) is 2.28. The molecule has 0 saturated carbocycles. The van der Waals surface area contributed by atoms with E-state index in [4.69, 9.17) is 0 Å². The van der Waals surface area contributed by atoms with Crippen molar-refractivity contribution in [3.8, 4) is 0 Å². The van der Waals surface area contributed by atoms with Crippen LogP contribution in [-0.4, -0.2) is 6.54 Å². The smallest absolute Gasteiger partial charge is 0.123 e. The monoisotopic (exact) mass is 265 g/mol. The van der Waals surface area contributed by atoms with E-state index >= 15 is 0 Å². The van der Waals surface area contributed by atoms with E-state index in [-0.39, 0.29) is 5.82 Å². The molecule has 0 radical (unpaired) electrons. The number of benzene rings is 1. The fourth-order valence-corrected chi connectivity index (χ4v) is 3.59. The first kappa shape index (κ1) is 13.5. The topological polar surface area (TPSA) is 12.0 Å². The van der Waals surface area contributed by atoms with Crippen molar-refractivity contribution in [1.29, 1.82) is 0 Å². The van der Waals surface area contributed by atoms with Crippen molar-refractivity contribution in [2.45, 2.75) is 39.7 Å². The zero-order chi connectivity index (χ0) is 13.1. The zero-order valence-corrected chi connectivity index (χ0v) is 12.0. The third kappa shape index (κ3) is 2.73. The highest BCUT2D eigenvalue weighted by Gasteiger charge is 2.15. The van der Waals surface area contributed by atoms with E-state index in [1.54, 1.807) is 23.5 Å². The van der Waals surface area contributed by atoms with E-state index in [2.05, 4.69) is 26.1 Å². The van der Waals surface area contributed by atoms with Gasteiger partial charge in [0.2, 0.25) is 0 Å². The lowest BCUT2D eigenvalue weighted by molar-refractivity contribution is 0.629. The van der Waals surface area contributed by atoms with E-state index < -0.39 is 0 Å². The number of fused-ring (bicyclic) bond motifs is 1. The van der Waals surface area contributed by atoms with E-state index in [1.165, 1.54) is 15.1 Å². The highest BCUT2D eigenvalue weighted by molar-refractivity contribution is 7.19. The zero-order valence-electron chi connectivity index (χ0n) is 11.2. The molecule has 98 valence electrons. The molecule has 1 nitrogen and oxygen atoms in total. The number of rotatable bonds is 5. The molecule has 0 aliphatic rings. The molecule has 18 heavy (non-hydrogen) atoms. The minimum atomic E-state index is -0.143. The third-order valence-electron chi connectivity index (χ3n) is 3.06. The predicted molar refractivity (Wildman–Crippen MR) is 77.9 cm³/mol. The number of nitrogens with one attached hydrogen (secondary N) is 1. The lowest BCUT2D eigenvalue weighted by atomic mass is 9.99. The van der Waals surface area contributed by atoms with Crippen LogP contribution in [0.5, 0.6) is 0 Å². The van der Waals surface area contributed by atoms with Crippen molar-refractivity contribution in [1.82, 2.24) is 5.32 Å². The first-order valence-electron chi connectivity index (χ1n) is 6.55. The summed E-state index contributed by atoms with van der Waals surface area (Å²) in [5.41, 5.74) is 1.30. The molecule has 3 heteroatoms. The maximum Gasteiger partial charge on any atom is 0.123 e. The van der Waals surface area contributed by atoms with Crippen LogP contribution in [-0.2, 0) is 6.54 Å². The second kappa shape index (κ2) is 5.81. The normalized spacial score (nSPS) is 11.6. The van der Waals surface area contributed by atoms with Gasteiger partial charge in [-0.25, -0.2) is 4.39 Å². The molecule has 0 bridgehead atoms. The summed E-state index contributed by atoms with van der Waals surface area (Å²) in [4.78, 5) is 1.35. The molecule has 0 spiro atoms. The van der Waals surface area contributed by atoms with Crippen LogP contribution in [0, 0.1) is 5.82 Å². The van der Waals surface area contributed by atoms with Crippen LogP contribution in [0.15, 0.2) is 18.2 Å². The second-order valence-electron chi connectivity index (χ2n) is 4.91. The van der Waals surface area contributed by atoms with E-state index in [0.717, 1.165) is 24.9 Å². The largest absolute Gasteiger partial charge is 0.312 e. The molecule has 0 atom stereocenters. The number of hydrogen-bond acceptors (Lipinski definition) is 2. The van der Waals surface area contributed by atoms with Crippen molar-refractivity contribution >= 4 is 21.4 Å². The minimum Gasteiger partial charge on any atom is -0.312 e. The number of thiophene rings is 1. The molecule has 2 rings (SSSR count). The summed E-state index contributed by atoms with van der Waals surface area (Å²) in [6.07, 6.45) is 1.14. The van der Waals surface area contributed by atoms with Crippen LogP contribution in [0.4, 0.5) is 4.39 Å². The van der Waals surface area contributed by atoms with Crippen LogP contribution < -0.4 is 5.32 Å². The molecule has 1 aromatic heterocycles. The van der Waals surface area contributed by atoms with Gasteiger partial charge in [-0.05, 0) is 48.0 Å². The Bertz CT molecular complexity index is 531. The summed E-state index contributed by atoms with van der Waals surface area (Å²) in [5.74, 6) is 0.286. The van der Waals surface area contributed by atoms with Gasteiger partial charge in [0.15, 0.2) is 0 Å². The van der Waals surface area contributed by atoms with Gasteiger partial charge in [-0.3, -0.25) is 0 Å². The Balaban J connectivity index is 2.41. The van der Waals surface area contributed by atoms with Crippen molar-refractivity contribution in [3.63, 3.8) is 0 Å². The first-order chi connectivity index (χ1) is 8.63. The molecule has 0 fully saturated rings. The van der Waals surface area contributed by atoms with Crippen LogP contribution >= 0.6 is 11.3 Å². The molecular formula is C15H20FNS. The summed E-state index contributed by atoms with van der Waals surface area (Å²) in [6, 6.07) is 5.11. The highest BCUT2D eigenvalue weighted by Crippen LogP contribution is 2.36. The van der Waals surface area contributed by atoms with Gasteiger partial charge in [0, 0.05) is 16.1 Å². The Hall–Kier alpha value is -0.930. The summed E-state index contributed by atoms with van der Waals surface area (Å²) >= 11 is 1.78. The Morgan fingerprint density at radius 3 is 2.78 bits per heavy atom. The van der Waals surface area contributed by atoms with Gasteiger partial charge in [-0.2, -0.15) is 0 Å². The average Bonchev–Trinajstić information content (AvgIpc) is 2.67. The van der Waals surface area contributed by atoms with Crippen LogP contribution in [0.25, 0.3) is 10.1 Å². The van der Waals surface area contributed by atoms with Gasteiger partial charge in [0.05, 0.1) is 0 Å². The summed E-state index contributed by atoms with van der Waals surface area (Å²) in [7, 11) is 0. The number of hydrogen-bond donors (Lipinski definition) is 1. The quantitative estimate of drug-likeness (QED) is 0.775.